The van der Waals surface area contributed by atoms with E-state index in [1.165, 1.54) is 38.5 Å². The van der Waals surface area contributed by atoms with E-state index < -0.39 is 35.1 Å². The van der Waals surface area contributed by atoms with E-state index in [0.29, 0.717) is 22.1 Å². The molecule has 180 valence electrons. The molecule has 0 saturated heterocycles. The third kappa shape index (κ3) is 3.87. The van der Waals surface area contributed by atoms with Gasteiger partial charge in [-0.3, -0.25) is 9.89 Å². The number of halogens is 3. The van der Waals surface area contributed by atoms with Gasteiger partial charge in [-0.05, 0) is 24.3 Å². The third-order valence-electron chi connectivity index (χ3n) is 5.81. The summed E-state index contributed by atoms with van der Waals surface area (Å²) in [6, 6.07) is 7.30. The summed E-state index contributed by atoms with van der Waals surface area (Å²) in [6.07, 6.45) is 0.169. The van der Waals surface area contributed by atoms with Crippen LogP contribution >= 0.6 is 0 Å². The first-order chi connectivity index (χ1) is 16.0. The topological polar surface area (TPSA) is 89.4 Å². The average molecular weight is 475 g/mol. The Morgan fingerprint density at radius 3 is 2.59 bits per heavy atom. The highest BCUT2D eigenvalue weighted by Gasteiger charge is 2.44. The van der Waals surface area contributed by atoms with E-state index in [4.69, 9.17) is 9.47 Å². The van der Waals surface area contributed by atoms with Gasteiger partial charge in [-0.25, -0.2) is 13.2 Å². The number of benzene rings is 2. The second-order valence-corrected chi connectivity index (χ2v) is 8.80. The first-order valence-electron chi connectivity index (χ1n) is 10.4. The minimum Gasteiger partial charge on any atom is -0.494 e. The van der Waals surface area contributed by atoms with E-state index in [1.54, 1.807) is 30.7 Å². The van der Waals surface area contributed by atoms with E-state index in [1.807, 2.05) is 0 Å². The molecular weight excluding hydrogens is 451 g/mol. The van der Waals surface area contributed by atoms with Gasteiger partial charge in [0, 0.05) is 40.7 Å². The van der Waals surface area contributed by atoms with Crippen LogP contribution in [0.3, 0.4) is 0 Å². The minimum absolute atomic E-state index is 0.0573. The van der Waals surface area contributed by atoms with Crippen LogP contribution in [0.15, 0.2) is 36.5 Å². The Morgan fingerprint density at radius 2 is 1.94 bits per heavy atom. The van der Waals surface area contributed by atoms with Gasteiger partial charge in [0.25, 0.3) is 5.92 Å². The van der Waals surface area contributed by atoms with Crippen LogP contribution in [0, 0.1) is 5.82 Å². The van der Waals surface area contributed by atoms with Crippen molar-refractivity contribution in [2.75, 3.05) is 20.8 Å². The molecule has 2 aromatic carbocycles. The predicted octanol–water partition coefficient (Wildman–Crippen LogP) is 5.15. The summed E-state index contributed by atoms with van der Waals surface area (Å²) in [5.74, 6) is -6.01. The number of fused-ring (bicyclic) bond motifs is 2. The van der Waals surface area contributed by atoms with Gasteiger partial charge in [-0.2, -0.15) is 5.10 Å². The zero-order valence-electron chi connectivity index (χ0n) is 19.1. The number of carbonyl (C=O) groups is 1. The van der Waals surface area contributed by atoms with Crippen molar-refractivity contribution in [2.24, 2.45) is 0 Å². The van der Waals surface area contributed by atoms with Crippen LogP contribution in [-0.4, -0.2) is 46.7 Å². The Labute approximate surface area is 193 Å². The molecule has 0 radical (unpaired) electrons. The van der Waals surface area contributed by atoms with Gasteiger partial charge < -0.3 is 19.1 Å². The highest BCUT2D eigenvalue weighted by Crippen LogP contribution is 2.47. The Morgan fingerprint density at radius 1 is 1.21 bits per heavy atom. The number of carboxylic acid groups (broad SMARTS) is 1. The Hall–Kier alpha value is -3.53. The number of hydrogen-bond acceptors (Lipinski definition) is 4. The van der Waals surface area contributed by atoms with E-state index in [0.717, 1.165) is 0 Å². The second-order valence-electron chi connectivity index (χ2n) is 8.80. The number of carboxylic acids is 1. The smallest absolute Gasteiger partial charge is 0.309 e. The van der Waals surface area contributed by atoms with Gasteiger partial charge in [-0.15, -0.1) is 0 Å². The van der Waals surface area contributed by atoms with E-state index in [2.05, 4.69) is 10.2 Å². The molecule has 2 aromatic heterocycles. The number of rotatable bonds is 8. The number of methoxy groups -OCH3 is 2. The fourth-order valence-electron chi connectivity index (χ4n) is 4.50. The summed E-state index contributed by atoms with van der Waals surface area (Å²) >= 11 is 0. The van der Waals surface area contributed by atoms with Crippen molar-refractivity contribution in [1.29, 1.82) is 0 Å². The van der Waals surface area contributed by atoms with E-state index >= 15 is 8.78 Å². The largest absolute Gasteiger partial charge is 0.494 e. The quantitative estimate of drug-likeness (QED) is 0.368. The minimum atomic E-state index is -3.71. The maximum Gasteiger partial charge on any atom is 0.309 e. The maximum atomic E-state index is 15.7. The number of alkyl halides is 2. The molecule has 0 fully saturated rings. The number of aromatic amines is 1. The van der Waals surface area contributed by atoms with Gasteiger partial charge in [0.05, 0.1) is 36.5 Å². The number of nitrogens with zero attached hydrogens (tertiary/aromatic N) is 2. The van der Waals surface area contributed by atoms with Gasteiger partial charge in [0.15, 0.2) is 11.6 Å². The van der Waals surface area contributed by atoms with Crippen molar-refractivity contribution >= 4 is 27.8 Å². The molecule has 0 aliphatic heterocycles. The van der Waals surface area contributed by atoms with Crippen LogP contribution in [0.25, 0.3) is 27.5 Å². The Bertz CT molecular complexity index is 1390. The van der Waals surface area contributed by atoms with Crippen molar-refractivity contribution in [2.45, 2.75) is 31.6 Å². The van der Waals surface area contributed by atoms with Crippen molar-refractivity contribution in [1.82, 2.24) is 14.8 Å². The van der Waals surface area contributed by atoms with Crippen LogP contribution in [0.1, 0.15) is 31.5 Å². The maximum absolute atomic E-state index is 15.7. The Balaban J connectivity index is 2.21. The molecule has 0 unspecified atom stereocenters. The molecule has 2 N–H and O–H groups in total. The molecular formula is C24H24F3N3O4. The number of hydrogen-bond donors (Lipinski definition) is 2. The molecule has 0 aliphatic carbocycles. The molecule has 0 atom stereocenters. The summed E-state index contributed by atoms with van der Waals surface area (Å²) < 4.78 is 57.6. The number of aliphatic carboxylic acids is 1. The van der Waals surface area contributed by atoms with Gasteiger partial charge in [0.2, 0.25) is 0 Å². The van der Waals surface area contributed by atoms with Gasteiger partial charge in [-0.1, -0.05) is 13.8 Å². The first-order valence-corrected chi connectivity index (χ1v) is 10.4. The molecule has 4 rings (SSSR count). The second kappa shape index (κ2) is 8.35. The summed E-state index contributed by atoms with van der Waals surface area (Å²) in [4.78, 5) is 11.4. The zero-order chi connectivity index (χ0) is 24.8. The lowest BCUT2D eigenvalue weighted by atomic mass is 9.84. The highest BCUT2D eigenvalue weighted by molar-refractivity contribution is 5.99. The zero-order valence-corrected chi connectivity index (χ0v) is 19.1. The molecule has 4 aromatic rings. The van der Waals surface area contributed by atoms with E-state index in [9.17, 15) is 14.3 Å². The molecule has 0 spiro atoms. The predicted molar refractivity (Wildman–Crippen MR) is 120 cm³/mol. The SMILES string of the molecule is COCC(C)(C)c1c(C(F)(F)CC(=O)O)c2cc3[nH]ncc3cc2n1-c1ccc(F)c(OC)c1. The number of ether oxygens (including phenoxy) is 2. The highest BCUT2D eigenvalue weighted by atomic mass is 19.3. The lowest BCUT2D eigenvalue weighted by molar-refractivity contribution is -0.145. The van der Waals surface area contributed by atoms with Crippen molar-refractivity contribution in [3.63, 3.8) is 0 Å². The summed E-state index contributed by atoms with van der Waals surface area (Å²) in [6.45, 7) is 3.53. The van der Waals surface area contributed by atoms with E-state index in [-0.39, 0.29) is 23.4 Å². The molecule has 7 nitrogen and oxygen atoms in total. The van der Waals surface area contributed by atoms with Crippen LogP contribution < -0.4 is 4.74 Å². The lowest BCUT2D eigenvalue weighted by Gasteiger charge is -2.30. The van der Waals surface area contributed by atoms with Crippen molar-refractivity contribution in [3.05, 3.63) is 53.6 Å². The number of aromatic nitrogens is 3. The standard InChI is InChI=1S/C24H24F3N3O4/c1-23(2,12-33-3)22-21(24(26,27)10-20(31)32)15-9-17-13(11-28-29-17)7-18(15)30(22)14-5-6-16(25)19(8-14)34-4/h5-9,11H,10,12H2,1-4H3,(H,28,29)(H,31,32). The van der Waals surface area contributed by atoms with Crippen molar-refractivity contribution in [3.8, 4) is 11.4 Å². The summed E-state index contributed by atoms with van der Waals surface area (Å²) in [5, 5.41) is 16.8. The third-order valence-corrected chi connectivity index (χ3v) is 5.81. The van der Waals surface area contributed by atoms with Crippen molar-refractivity contribution < 1.29 is 32.5 Å². The lowest BCUT2D eigenvalue weighted by Crippen LogP contribution is -2.31. The normalized spacial score (nSPS) is 12.6. The summed E-state index contributed by atoms with van der Waals surface area (Å²) in [7, 11) is 2.77. The number of H-pyrrole nitrogens is 1. The van der Waals surface area contributed by atoms with Crippen LogP contribution in [0.5, 0.6) is 5.75 Å². The molecule has 0 amide bonds. The first kappa shape index (κ1) is 23.6. The fraction of sp³-hybridized carbons (Fsp3) is 0.333. The van der Waals surface area contributed by atoms with Gasteiger partial charge >= 0.3 is 5.97 Å². The molecule has 0 saturated carbocycles. The molecule has 0 aliphatic rings. The molecule has 0 bridgehead atoms. The fourth-order valence-corrected chi connectivity index (χ4v) is 4.50. The van der Waals surface area contributed by atoms with Crippen LogP contribution in [0.2, 0.25) is 0 Å². The molecule has 10 heteroatoms. The Kier molecular flexibility index (Phi) is 5.80. The average Bonchev–Trinajstić information content (AvgIpc) is 3.34. The van der Waals surface area contributed by atoms with Gasteiger partial charge in [0.1, 0.15) is 6.42 Å². The summed E-state index contributed by atoms with van der Waals surface area (Å²) in [5.41, 5.74) is 0.0318. The van der Waals surface area contributed by atoms with Crippen LogP contribution in [-0.2, 0) is 20.9 Å². The number of nitrogens with one attached hydrogen (secondary N) is 1. The molecule has 34 heavy (non-hydrogen) atoms. The molecule has 2 heterocycles. The van der Waals surface area contributed by atoms with Crippen LogP contribution in [0.4, 0.5) is 13.2 Å². The monoisotopic (exact) mass is 475 g/mol.